The van der Waals surface area contributed by atoms with Crippen LogP contribution in [0.2, 0.25) is 0 Å². The van der Waals surface area contributed by atoms with Gasteiger partial charge in [0.25, 0.3) is 5.92 Å². The number of aromatic carboxylic acids is 1. The second-order valence-electron chi connectivity index (χ2n) is 5.20. The van der Waals surface area contributed by atoms with Crippen LogP contribution in [-0.4, -0.2) is 22.0 Å². The van der Waals surface area contributed by atoms with Gasteiger partial charge in [0.15, 0.2) is 0 Å². The Morgan fingerprint density at radius 3 is 2.65 bits per heavy atom. The van der Waals surface area contributed by atoms with Crippen molar-refractivity contribution in [2.24, 2.45) is 0 Å². The van der Waals surface area contributed by atoms with E-state index in [4.69, 9.17) is 5.11 Å². The van der Waals surface area contributed by atoms with Crippen LogP contribution in [-0.2, 0) is 0 Å². The summed E-state index contributed by atoms with van der Waals surface area (Å²) in [6, 6.07) is 6.95. The zero-order valence-corrected chi connectivity index (χ0v) is 13.1. The Labute approximate surface area is 133 Å². The standard InChI is InChI=1S/C16H13F2NO2.C2H6/c17-16(18)6-4-10(5-7-16)13-3-1-2-11-8-12(15(20)21)9-19-14(11)13;1-2/h1-4,8-9H,5-7H2,(H,20,21);1-2H3. The lowest BCUT2D eigenvalue weighted by Crippen LogP contribution is -2.18. The highest BCUT2D eigenvalue weighted by molar-refractivity contribution is 5.96. The van der Waals surface area contributed by atoms with Crippen LogP contribution in [0.5, 0.6) is 0 Å². The Bertz CT molecular complexity index is 754. The molecule has 0 radical (unpaired) electrons. The number of nitrogens with zero attached hydrogens (tertiary/aromatic N) is 1. The molecule has 0 unspecified atom stereocenters. The molecule has 1 aromatic heterocycles. The molecule has 1 aliphatic carbocycles. The molecule has 0 saturated carbocycles. The van der Waals surface area contributed by atoms with Gasteiger partial charge in [0.2, 0.25) is 0 Å². The number of alkyl halides is 2. The summed E-state index contributed by atoms with van der Waals surface area (Å²) in [6.07, 6.45) is 2.74. The van der Waals surface area contributed by atoms with E-state index in [9.17, 15) is 13.6 Å². The predicted molar refractivity (Wildman–Crippen MR) is 86.8 cm³/mol. The van der Waals surface area contributed by atoms with Crippen LogP contribution >= 0.6 is 0 Å². The van der Waals surface area contributed by atoms with Crippen molar-refractivity contribution in [2.45, 2.75) is 39.0 Å². The predicted octanol–water partition coefficient (Wildman–Crippen LogP) is 5.16. The maximum atomic E-state index is 13.2. The molecule has 0 saturated heterocycles. The van der Waals surface area contributed by atoms with Gasteiger partial charge in [-0.2, -0.15) is 0 Å². The Hall–Kier alpha value is -2.30. The average molecular weight is 319 g/mol. The second-order valence-corrected chi connectivity index (χ2v) is 5.20. The highest BCUT2D eigenvalue weighted by Gasteiger charge is 2.31. The molecule has 0 spiro atoms. The van der Waals surface area contributed by atoms with E-state index in [-0.39, 0.29) is 18.4 Å². The number of hydrogen-bond donors (Lipinski definition) is 1. The van der Waals surface area contributed by atoms with Crippen molar-refractivity contribution in [3.8, 4) is 0 Å². The fourth-order valence-electron chi connectivity index (χ4n) is 2.58. The summed E-state index contributed by atoms with van der Waals surface area (Å²) in [7, 11) is 0. The Balaban J connectivity index is 0.000000924. The van der Waals surface area contributed by atoms with E-state index in [1.165, 1.54) is 6.20 Å². The average Bonchev–Trinajstić information content (AvgIpc) is 2.56. The first-order chi connectivity index (χ1) is 11.0. The van der Waals surface area contributed by atoms with Crippen molar-refractivity contribution in [3.05, 3.63) is 47.7 Å². The molecule has 2 aromatic rings. The van der Waals surface area contributed by atoms with Crippen LogP contribution < -0.4 is 0 Å². The van der Waals surface area contributed by atoms with Crippen LogP contribution in [0.4, 0.5) is 8.78 Å². The molecule has 122 valence electrons. The van der Waals surface area contributed by atoms with Crippen molar-refractivity contribution in [1.29, 1.82) is 0 Å². The number of allylic oxidation sites excluding steroid dienone is 2. The quantitative estimate of drug-likeness (QED) is 0.831. The zero-order valence-electron chi connectivity index (χ0n) is 13.1. The van der Waals surface area contributed by atoms with Gasteiger partial charge in [-0.05, 0) is 18.1 Å². The molecule has 0 fully saturated rings. The number of aromatic nitrogens is 1. The number of hydrogen-bond acceptors (Lipinski definition) is 2. The number of benzene rings is 1. The number of fused-ring (bicyclic) bond motifs is 1. The van der Waals surface area contributed by atoms with Crippen LogP contribution in [0.25, 0.3) is 16.5 Å². The molecule has 3 nitrogen and oxygen atoms in total. The van der Waals surface area contributed by atoms with E-state index in [0.29, 0.717) is 17.3 Å². The van der Waals surface area contributed by atoms with Crippen molar-refractivity contribution in [1.82, 2.24) is 4.98 Å². The monoisotopic (exact) mass is 319 g/mol. The molecule has 1 N–H and O–H groups in total. The molecular weight excluding hydrogens is 300 g/mol. The Kier molecular flexibility index (Phi) is 5.08. The number of rotatable bonds is 2. The van der Waals surface area contributed by atoms with E-state index in [2.05, 4.69) is 4.98 Å². The number of carbonyl (C=O) groups is 1. The third-order valence-electron chi connectivity index (χ3n) is 3.71. The summed E-state index contributed by atoms with van der Waals surface area (Å²) in [5.74, 6) is -3.66. The SMILES string of the molecule is CC.O=C(O)c1cnc2c(C3=CCC(F)(F)CC3)cccc2c1. The maximum absolute atomic E-state index is 13.2. The van der Waals surface area contributed by atoms with Crippen LogP contribution in [0.15, 0.2) is 36.5 Å². The minimum Gasteiger partial charge on any atom is -0.478 e. The first kappa shape index (κ1) is 17.1. The smallest absolute Gasteiger partial charge is 0.337 e. The van der Waals surface area contributed by atoms with Crippen molar-refractivity contribution >= 4 is 22.4 Å². The zero-order chi connectivity index (χ0) is 17.0. The van der Waals surface area contributed by atoms with Gasteiger partial charge in [0, 0.05) is 30.0 Å². The van der Waals surface area contributed by atoms with Crippen molar-refractivity contribution in [3.63, 3.8) is 0 Å². The Morgan fingerprint density at radius 1 is 1.30 bits per heavy atom. The second kappa shape index (κ2) is 6.86. The van der Waals surface area contributed by atoms with E-state index in [0.717, 1.165) is 11.1 Å². The van der Waals surface area contributed by atoms with Gasteiger partial charge in [-0.15, -0.1) is 0 Å². The summed E-state index contributed by atoms with van der Waals surface area (Å²) in [5.41, 5.74) is 2.42. The number of carboxylic acid groups (broad SMARTS) is 1. The van der Waals surface area contributed by atoms with E-state index >= 15 is 0 Å². The summed E-state index contributed by atoms with van der Waals surface area (Å²) in [4.78, 5) is 15.2. The van der Waals surface area contributed by atoms with Crippen molar-refractivity contribution in [2.75, 3.05) is 0 Å². The number of pyridine rings is 1. The largest absolute Gasteiger partial charge is 0.478 e. The lowest BCUT2D eigenvalue weighted by Gasteiger charge is -2.22. The first-order valence-electron chi connectivity index (χ1n) is 7.66. The number of halogens is 2. The molecule has 3 rings (SSSR count). The van der Waals surface area contributed by atoms with E-state index < -0.39 is 11.9 Å². The minimum absolute atomic E-state index is 0.115. The fourth-order valence-corrected chi connectivity index (χ4v) is 2.58. The molecule has 0 amide bonds. The van der Waals surface area contributed by atoms with Gasteiger partial charge < -0.3 is 5.11 Å². The number of carboxylic acids is 1. The molecule has 1 aromatic carbocycles. The van der Waals surface area contributed by atoms with E-state index in [1.807, 2.05) is 19.9 Å². The number of para-hydroxylation sites is 1. The lowest BCUT2D eigenvalue weighted by molar-refractivity contribution is -0.00603. The first-order valence-corrected chi connectivity index (χ1v) is 7.66. The molecule has 23 heavy (non-hydrogen) atoms. The fraction of sp³-hybridized carbons (Fsp3) is 0.333. The van der Waals surface area contributed by atoms with Gasteiger partial charge >= 0.3 is 5.97 Å². The summed E-state index contributed by atoms with van der Waals surface area (Å²) < 4.78 is 26.4. The van der Waals surface area contributed by atoms with Gasteiger partial charge in [0.05, 0.1) is 11.1 Å². The third kappa shape index (κ3) is 3.73. The molecular formula is C18H19F2NO2. The molecule has 1 heterocycles. The van der Waals surface area contributed by atoms with Crippen LogP contribution in [0.1, 0.15) is 49.0 Å². The highest BCUT2D eigenvalue weighted by Crippen LogP contribution is 2.37. The van der Waals surface area contributed by atoms with Gasteiger partial charge in [-0.1, -0.05) is 38.1 Å². The molecule has 0 bridgehead atoms. The normalized spacial score (nSPS) is 16.3. The highest BCUT2D eigenvalue weighted by atomic mass is 19.3. The summed E-state index contributed by atoms with van der Waals surface area (Å²) in [6.45, 7) is 4.00. The molecule has 0 aliphatic heterocycles. The third-order valence-corrected chi connectivity index (χ3v) is 3.71. The molecule has 0 atom stereocenters. The lowest BCUT2D eigenvalue weighted by atomic mass is 9.90. The van der Waals surface area contributed by atoms with Gasteiger partial charge in [-0.25, -0.2) is 13.6 Å². The minimum atomic E-state index is -2.63. The van der Waals surface area contributed by atoms with Crippen LogP contribution in [0.3, 0.4) is 0 Å². The van der Waals surface area contributed by atoms with Crippen molar-refractivity contribution < 1.29 is 18.7 Å². The van der Waals surface area contributed by atoms with Crippen LogP contribution in [0, 0.1) is 0 Å². The molecule has 5 heteroatoms. The summed E-state index contributed by atoms with van der Waals surface area (Å²) in [5, 5.41) is 9.68. The maximum Gasteiger partial charge on any atom is 0.337 e. The van der Waals surface area contributed by atoms with Gasteiger partial charge in [-0.3, -0.25) is 4.98 Å². The summed E-state index contributed by atoms with van der Waals surface area (Å²) >= 11 is 0. The van der Waals surface area contributed by atoms with E-state index in [1.54, 1.807) is 24.3 Å². The van der Waals surface area contributed by atoms with Gasteiger partial charge in [0.1, 0.15) is 0 Å². The topological polar surface area (TPSA) is 50.2 Å². The molecule has 1 aliphatic rings. The Morgan fingerprint density at radius 2 is 2.04 bits per heavy atom.